The average molecular weight is 712 g/mol. The number of esters is 1. The third kappa shape index (κ3) is 7.19. The minimum absolute atomic E-state index is 0.0664. The fourth-order valence-electron chi connectivity index (χ4n) is 4.98. The van der Waals surface area contributed by atoms with Gasteiger partial charge in [0.25, 0.3) is 5.56 Å². The number of thiazole rings is 1. The van der Waals surface area contributed by atoms with Gasteiger partial charge in [0.1, 0.15) is 12.4 Å². The summed E-state index contributed by atoms with van der Waals surface area (Å²) in [4.78, 5) is 32.5. The van der Waals surface area contributed by atoms with Crippen LogP contribution in [-0.4, -0.2) is 30.4 Å². The van der Waals surface area contributed by atoms with Gasteiger partial charge in [0.2, 0.25) is 0 Å². The Morgan fingerprint density at radius 2 is 1.89 bits per heavy atom. The maximum atomic E-state index is 14.0. The smallest absolute Gasteiger partial charge is 0.338 e. The van der Waals surface area contributed by atoms with E-state index in [-0.39, 0.29) is 18.3 Å². The molecule has 0 bridgehead atoms. The Balaban J connectivity index is 1.55. The predicted octanol–water partition coefficient (Wildman–Crippen LogP) is 6.59. The summed E-state index contributed by atoms with van der Waals surface area (Å²) in [6.45, 7) is 7.89. The van der Waals surface area contributed by atoms with Crippen LogP contribution in [0.25, 0.3) is 6.08 Å². The second kappa shape index (κ2) is 14.1. The van der Waals surface area contributed by atoms with E-state index < -0.39 is 12.0 Å². The van der Waals surface area contributed by atoms with Crippen molar-refractivity contribution in [3.05, 3.63) is 118 Å². The second-order valence-electron chi connectivity index (χ2n) is 10.5. The van der Waals surface area contributed by atoms with Crippen molar-refractivity contribution in [1.29, 1.82) is 0 Å². The van der Waals surface area contributed by atoms with Crippen molar-refractivity contribution in [2.75, 3.05) is 13.7 Å². The molecule has 0 aliphatic carbocycles. The molecule has 1 atom stereocenters. The number of aromatic nitrogens is 1. The molecular formula is C34H32BrClN2O6S. The van der Waals surface area contributed by atoms with Gasteiger partial charge in [-0.05, 0) is 103 Å². The predicted molar refractivity (Wildman–Crippen MR) is 179 cm³/mol. The molecule has 4 aromatic rings. The lowest BCUT2D eigenvalue weighted by Gasteiger charge is -2.25. The molecule has 1 aliphatic rings. The molecule has 3 aromatic carbocycles. The summed E-state index contributed by atoms with van der Waals surface area (Å²) in [5, 5.41) is 0.648. The lowest BCUT2D eigenvalue weighted by molar-refractivity contribution is -0.139. The molecule has 5 rings (SSSR count). The van der Waals surface area contributed by atoms with Crippen molar-refractivity contribution in [2.24, 2.45) is 4.99 Å². The molecule has 0 saturated heterocycles. The number of carbonyl (C=O) groups is 1. The quantitative estimate of drug-likeness (QED) is 0.173. The first-order valence-electron chi connectivity index (χ1n) is 14.3. The van der Waals surface area contributed by atoms with E-state index in [1.807, 2.05) is 62.4 Å². The molecule has 234 valence electrons. The van der Waals surface area contributed by atoms with E-state index in [9.17, 15) is 9.59 Å². The fraction of sp³-hybridized carbons (Fsp3) is 0.265. The zero-order chi connectivity index (χ0) is 32.2. The summed E-state index contributed by atoms with van der Waals surface area (Å²) in [6, 6.07) is 17.7. The molecule has 45 heavy (non-hydrogen) atoms. The van der Waals surface area contributed by atoms with Crippen LogP contribution in [0.1, 0.15) is 50.4 Å². The van der Waals surface area contributed by atoms with E-state index in [2.05, 4.69) is 20.9 Å². The van der Waals surface area contributed by atoms with E-state index in [1.54, 1.807) is 43.7 Å². The Morgan fingerprint density at radius 1 is 1.11 bits per heavy atom. The minimum Gasteiger partial charge on any atom is -0.493 e. The van der Waals surface area contributed by atoms with Crippen molar-refractivity contribution in [1.82, 2.24) is 4.57 Å². The zero-order valence-electron chi connectivity index (χ0n) is 25.4. The molecule has 0 unspecified atom stereocenters. The Labute approximate surface area is 278 Å². The first-order chi connectivity index (χ1) is 21.6. The van der Waals surface area contributed by atoms with Gasteiger partial charge >= 0.3 is 5.97 Å². The van der Waals surface area contributed by atoms with Gasteiger partial charge in [0.15, 0.2) is 16.3 Å². The van der Waals surface area contributed by atoms with Gasteiger partial charge in [0, 0.05) is 5.02 Å². The average Bonchev–Trinajstić information content (AvgIpc) is 3.29. The van der Waals surface area contributed by atoms with Crippen LogP contribution in [0.4, 0.5) is 0 Å². The van der Waals surface area contributed by atoms with Gasteiger partial charge in [0.05, 0.1) is 46.1 Å². The molecule has 0 spiro atoms. The Kier molecular flexibility index (Phi) is 10.2. The summed E-state index contributed by atoms with van der Waals surface area (Å²) < 4.78 is 25.7. The number of benzene rings is 3. The molecule has 1 aliphatic heterocycles. The Morgan fingerprint density at radius 3 is 2.58 bits per heavy atom. The summed E-state index contributed by atoms with van der Waals surface area (Å²) in [7, 11) is 1.55. The topological polar surface area (TPSA) is 88.4 Å². The number of halogens is 2. The van der Waals surface area contributed by atoms with E-state index in [1.165, 1.54) is 11.3 Å². The molecule has 0 saturated carbocycles. The summed E-state index contributed by atoms with van der Waals surface area (Å²) in [6.07, 6.45) is 1.74. The summed E-state index contributed by atoms with van der Waals surface area (Å²) >= 11 is 10.9. The third-order valence-electron chi connectivity index (χ3n) is 6.92. The molecule has 2 heterocycles. The number of fused-ring (bicyclic) bond motifs is 1. The molecule has 0 fully saturated rings. The highest BCUT2D eigenvalue weighted by Crippen LogP contribution is 2.36. The molecule has 0 radical (unpaired) electrons. The monoisotopic (exact) mass is 710 g/mol. The summed E-state index contributed by atoms with van der Waals surface area (Å²) in [5.74, 6) is 1.18. The Bertz CT molecular complexity index is 1970. The van der Waals surface area contributed by atoms with Crippen molar-refractivity contribution < 1.29 is 23.7 Å². The van der Waals surface area contributed by atoms with Crippen LogP contribution in [-0.2, 0) is 16.1 Å². The van der Waals surface area contributed by atoms with E-state index in [4.69, 9.17) is 30.5 Å². The van der Waals surface area contributed by atoms with Crippen molar-refractivity contribution in [2.45, 2.75) is 46.4 Å². The van der Waals surface area contributed by atoms with Crippen LogP contribution in [0.3, 0.4) is 0 Å². The number of carbonyl (C=O) groups excluding carboxylic acids is 1. The normalized spacial score (nSPS) is 14.7. The number of rotatable bonds is 10. The Hall–Kier alpha value is -3.86. The molecule has 0 N–H and O–H groups in total. The highest BCUT2D eigenvalue weighted by molar-refractivity contribution is 9.10. The van der Waals surface area contributed by atoms with Crippen molar-refractivity contribution >= 4 is 50.9 Å². The van der Waals surface area contributed by atoms with Gasteiger partial charge in [-0.15, -0.1) is 0 Å². The van der Waals surface area contributed by atoms with Gasteiger partial charge < -0.3 is 18.9 Å². The standard InChI is InChI=1S/C34H32BrClN2O6S/c1-6-42-33(40)30-20(4)37-34-38(31(30)23-11-13-27(44-19(2)3)28(17-23)41-5)32(39)29(45-34)16-21-10-12-26(25(35)15-21)43-18-22-8-7-9-24(36)14-22/h7-17,19,31H,6,18H2,1-5H3/b29-16+/t31-/m0/s1. The van der Waals surface area contributed by atoms with Crippen LogP contribution < -0.4 is 29.1 Å². The van der Waals surface area contributed by atoms with Crippen LogP contribution in [0.15, 0.2) is 86.2 Å². The van der Waals surface area contributed by atoms with Crippen molar-refractivity contribution in [3.8, 4) is 17.2 Å². The fourth-order valence-corrected chi connectivity index (χ4v) is 6.75. The highest BCUT2D eigenvalue weighted by Gasteiger charge is 2.34. The van der Waals surface area contributed by atoms with Gasteiger partial charge in [-0.2, -0.15) is 0 Å². The molecular weight excluding hydrogens is 680 g/mol. The molecule has 1 aromatic heterocycles. The second-order valence-corrected chi connectivity index (χ2v) is 12.8. The first-order valence-corrected chi connectivity index (χ1v) is 16.3. The number of hydrogen-bond donors (Lipinski definition) is 0. The summed E-state index contributed by atoms with van der Waals surface area (Å²) in [5.41, 5.74) is 2.90. The van der Waals surface area contributed by atoms with E-state index in [0.717, 1.165) is 15.6 Å². The van der Waals surface area contributed by atoms with Gasteiger partial charge in [-0.1, -0.05) is 47.2 Å². The van der Waals surface area contributed by atoms with Crippen LogP contribution in [0.5, 0.6) is 17.2 Å². The number of ether oxygens (including phenoxy) is 4. The van der Waals surface area contributed by atoms with E-state index in [0.29, 0.717) is 55.0 Å². The lowest BCUT2D eigenvalue weighted by Crippen LogP contribution is -2.40. The molecule has 0 amide bonds. The molecule has 11 heteroatoms. The number of allylic oxidation sites excluding steroid dienone is 1. The highest BCUT2D eigenvalue weighted by atomic mass is 79.9. The van der Waals surface area contributed by atoms with Crippen molar-refractivity contribution in [3.63, 3.8) is 0 Å². The number of nitrogens with zero attached hydrogens (tertiary/aromatic N) is 2. The first kappa shape index (κ1) is 32.5. The van der Waals surface area contributed by atoms with E-state index >= 15 is 0 Å². The minimum atomic E-state index is -0.779. The molecule has 8 nitrogen and oxygen atoms in total. The number of methoxy groups -OCH3 is 1. The van der Waals surface area contributed by atoms with Crippen LogP contribution in [0.2, 0.25) is 5.02 Å². The number of hydrogen-bond acceptors (Lipinski definition) is 8. The van der Waals surface area contributed by atoms with Crippen LogP contribution >= 0.6 is 38.9 Å². The largest absolute Gasteiger partial charge is 0.493 e. The van der Waals surface area contributed by atoms with Gasteiger partial charge in [-0.25, -0.2) is 9.79 Å². The maximum absolute atomic E-state index is 14.0. The SMILES string of the molecule is CCOC(=O)C1=C(C)N=c2s/c(=C/c3ccc(OCc4cccc(Cl)c4)c(Br)c3)c(=O)n2[C@H]1c1ccc(OC(C)C)c(OC)c1. The zero-order valence-corrected chi connectivity index (χ0v) is 28.6. The lowest BCUT2D eigenvalue weighted by atomic mass is 9.95. The van der Waals surface area contributed by atoms with Crippen LogP contribution in [0, 0.1) is 0 Å². The van der Waals surface area contributed by atoms with Gasteiger partial charge in [-0.3, -0.25) is 9.36 Å². The third-order valence-corrected chi connectivity index (χ3v) is 8.76. The maximum Gasteiger partial charge on any atom is 0.338 e.